The molecule has 0 saturated heterocycles. The maximum absolute atomic E-state index is 6.36. The Balaban J connectivity index is 3.10. The zero-order chi connectivity index (χ0) is 9.19. The first-order chi connectivity index (χ1) is 5.58. The minimum Gasteiger partial charge on any atom is -0.160 e. The first-order valence-electron chi connectivity index (χ1n) is 3.89. The molecular formula is C9H12Cl2Si. The van der Waals surface area contributed by atoms with Crippen molar-refractivity contribution in [3.8, 4) is 0 Å². The van der Waals surface area contributed by atoms with Crippen LogP contribution in [0.25, 0.3) is 0 Å². The maximum Gasteiger partial charge on any atom is 0.198 e. The highest BCUT2D eigenvalue weighted by atomic mass is 35.6. The molecule has 0 aliphatic carbocycles. The number of halogens is 2. The summed E-state index contributed by atoms with van der Waals surface area (Å²) in [6.07, 6.45) is 0. The van der Waals surface area contributed by atoms with Crippen LogP contribution < -0.4 is 5.19 Å². The van der Waals surface area contributed by atoms with Gasteiger partial charge < -0.3 is 0 Å². The highest BCUT2D eigenvalue weighted by molar-refractivity contribution is 7.28. The first kappa shape index (κ1) is 10.1. The second kappa shape index (κ2) is 3.82. The number of alkyl halides is 1. The van der Waals surface area contributed by atoms with Gasteiger partial charge in [0.25, 0.3) is 0 Å². The Morgan fingerprint density at radius 1 is 1.33 bits per heavy atom. The van der Waals surface area contributed by atoms with E-state index in [1.807, 2.05) is 12.1 Å². The molecule has 0 heterocycles. The van der Waals surface area contributed by atoms with Crippen LogP contribution in [0.2, 0.25) is 6.55 Å². The average molecular weight is 219 g/mol. The third-order valence-corrected chi connectivity index (χ3v) is 7.17. The van der Waals surface area contributed by atoms with Crippen LogP contribution in [-0.4, -0.2) is 12.9 Å². The Kier molecular flexibility index (Phi) is 3.21. The average Bonchev–Trinajstić information content (AvgIpc) is 2.05. The molecule has 1 aromatic carbocycles. The second-order valence-electron chi connectivity index (χ2n) is 3.15. The van der Waals surface area contributed by atoms with Crippen molar-refractivity contribution in [1.29, 1.82) is 0 Å². The van der Waals surface area contributed by atoms with Crippen molar-refractivity contribution < 1.29 is 0 Å². The van der Waals surface area contributed by atoms with Crippen LogP contribution in [0.4, 0.5) is 0 Å². The van der Waals surface area contributed by atoms with Crippen molar-refractivity contribution >= 4 is 35.3 Å². The van der Waals surface area contributed by atoms with Gasteiger partial charge in [0, 0.05) is 5.50 Å². The summed E-state index contributed by atoms with van der Waals surface area (Å²) < 4.78 is 0. The standard InChI is InChI=1S/C9H12Cl2Si/c1-8-5-3-4-6-9(8)12(2,11)7-10/h3-6H,7H2,1-2H3. The molecule has 0 N–H and O–H groups in total. The molecule has 0 amide bonds. The smallest absolute Gasteiger partial charge is 0.160 e. The molecule has 0 fully saturated rings. The molecule has 3 heteroatoms. The molecule has 0 aliphatic heterocycles. The van der Waals surface area contributed by atoms with Crippen molar-refractivity contribution in [3.05, 3.63) is 29.8 Å². The fraction of sp³-hybridized carbons (Fsp3) is 0.333. The summed E-state index contributed by atoms with van der Waals surface area (Å²) in [5.41, 5.74) is 1.82. The quantitative estimate of drug-likeness (QED) is 0.407. The monoisotopic (exact) mass is 218 g/mol. The van der Waals surface area contributed by atoms with Crippen LogP contribution in [0, 0.1) is 6.92 Å². The van der Waals surface area contributed by atoms with Crippen molar-refractivity contribution in [2.75, 3.05) is 5.50 Å². The Morgan fingerprint density at radius 3 is 2.42 bits per heavy atom. The van der Waals surface area contributed by atoms with Crippen LogP contribution in [0.5, 0.6) is 0 Å². The van der Waals surface area contributed by atoms with E-state index >= 15 is 0 Å². The van der Waals surface area contributed by atoms with E-state index in [2.05, 4.69) is 25.6 Å². The SMILES string of the molecule is Cc1ccccc1[Si](C)(Cl)CCl. The Morgan fingerprint density at radius 2 is 1.92 bits per heavy atom. The van der Waals surface area contributed by atoms with Gasteiger partial charge >= 0.3 is 0 Å². The van der Waals surface area contributed by atoms with Gasteiger partial charge in [-0.3, -0.25) is 0 Å². The predicted molar refractivity (Wildman–Crippen MR) is 59.0 cm³/mol. The van der Waals surface area contributed by atoms with Crippen LogP contribution >= 0.6 is 22.7 Å². The lowest BCUT2D eigenvalue weighted by Crippen LogP contribution is -2.42. The Hall–Kier alpha value is 0.0169. The van der Waals surface area contributed by atoms with E-state index in [0.29, 0.717) is 5.50 Å². The molecule has 1 rings (SSSR count). The van der Waals surface area contributed by atoms with Gasteiger partial charge in [-0.05, 0) is 12.1 Å². The van der Waals surface area contributed by atoms with Crippen molar-refractivity contribution in [1.82, 2.24) is 0 Å². The third-order valence-electron chi connectivity index (χ3n) is 1.96. The van der Waals surface area contributed by atoms with E-state index in [9.17, 15) is 0 Å². The molecular weight excluding hydrogens is 207 g/mol. The van der Waals surface area contributed by atoms with E-state index in [1.54, 1.807) is 0 Å². The maximum atomic E-state index is 6.36. The molecule has 1 aromatic rings. The van der Waals surface area contributed by atoms with E-state index in [1.165, 1.54) is 10.8 Å². The minimum atomic E-state index is -1.86. The summed E-state index contributed by atoms with van der Waals surface area (Å²) in [6.45, 7) is 4.15. The highest BCUT2D eigenvalue weighted by Crippen LogP contribution is 2.13. The van der Waals surface area contributed by atoms with E-state index in [-0.39, 0.29) is 0 Å². The number of aryl methyl sites for hydroxylation is 1. The van der Waals surface area contributed by atoms with Gasteiger partial charge in [0.15, 0.2) is 7.38 Å². The lowest BCUT2D eigenvalue weighted by molar-refractivity contribution is 1.50. The zero-order valence-corrected chi connectivity index (χ0v) is 9.78. The predicted octanol–water partition coefficient (Wildman–Crippen LogP) is 2.79. The number of rotatable bonds is 2. The molecule has 0 aliphatic rings. The molecule has 12 heavy (non-hydrogen) atoms. The van der Waals surface area contributed by atoms with E-state index in [4.69, 9.17) is 22.7 Å². The minimum absolute atomic E-state index is 0.569. The summed E-state index contributed by atoms with van der Waals surface area (Å²) in [7, 11) is -1.86. The van der Waals surface area contributed by atoms with E-state index in [0.717, 1.165) is 0 Å². The topological polar surface area (TPSA) is 0 Å². The van der Waals surface area contributed by atoms with Gasteiger partial charge in [-0.1, -0.05) is 36.4 Å². The number of benzene rings is 1. The zero-order valence-electron chi connectivity index (χ0n) is 7.27. The summed E-state index contributed by atoms with van der Waals surface area (Å²) in [5, 5.41) is 1.25. The van der Waals surface area contributed by atoms with Crippen molar-refractivity contribution in [2.24, 2.45) is 0 Å². The lowest BCUT2D eigenvalue weighted by atomic mass is 10.2. The number of hydrogen-bond acceptors (Lipinski definition) is 0. The molecule has 1 atom stereocenters. The third kappa shape index (κ3) is 2.03. The molecule has 0 bridgehead atoms. The van der Waals surface area contributed by atoms with E-state index < -0.39 is 7.38 Å². The Bertz CT molecular complexity index is 271. The Labute approximate surface area is 84.2 Å². The van der Waals surface area contributed by atoms with Gasteiger partial charge in [-0.15, -0.1) is 11.6 Å². The van der Waals surface area contributed by atoms with Crippen LogP contribution in [0.15, 0.2) is 24.3 Å². The second-order valence-corrected chi connectivity index (χ2v) is 9.65. The summed E-state index contributed by atoms with van der Waals surface area (Å²) >= 11 is 12.2. The number of hydrogen-bond donors (Lipinski definition) is 0. The van der Waals surface area contributed by atoms with Crippen LogP contribution in [0.3, 0.4) is 0 Å². The lowest BCUT2D eigenvalue weighted by Gasteiger charge is -2.18. The van der Waals surface area contributed by atoms with Crippen molar-refractivity contribution in [2.45, 2.75) is 13.5 Å². The molecule has 1 unspecified atom stereocenters. The van der Waals surface area contributed by atoms with Gasteiger partial charge in [0.1, 0.15) is 0 Å². The van der Waals surface area contributed by atoms with Gasteiger partial charge in [0.2, 0.25) is 0 Å². The van der Waals surface area contributed by atoms with Crippen LogP contribution in [0.1, 0.15) is 5.56 Å². The fourth-order valence-corrected chi connectivity index (χ4v) is 3.79. The molecule has 0 aromatic heterocycles. The molecule has 0 radical (unpaired) electrons. The molecule has 66 valence electrons. The normalized spacial score (nSPS) is 15.7. The van der Waals surface area contributed by atoms with Gasteiger partial charge in [0.05, 0.1) is 0 Å². The molecule has 0 nitrogen and oxygen atoms in total. The van der Waals surface area contributed by atoms with Gasteiger partial charge in [-0.25, -0.2) is 0 Å². The van der Waals surface area contributed by atoms with Gasteiger partial charge in [-0.2, -0.15) is 11.1 Å². The highest BCUT2D eigenvalue weighted by Gasteiger charge is 2.26. The fourth-order valence-electron chi connectivity index (χ4n) is 1.23. The van der Waals surface area contributed by atoms with Crippen LogP contribution in [-0.2, 0) is 0 Å². The largest absolute Gasteiger partial charge is 0.198 e. The van der Waals surface area contributed by atoms with Crippen molar-refractivity contribution in [3.63, 3.8) is 0 Å². The first-order valence-corrected chi connectivity index (χ1v) is 8.14. The summed E-state index contributed by atoms with van der Waals surface area (Å²) in [6, 6.07) is 8.20. The summed E-state index contributed by atoms with van der Waals surface area (Å²) in [5.74, 6) is 0. The molecule has 0 saturated carbocycles. The molecule has 0 spiro atoms. The summed E-state index contributed by atoms with van der Waals surface area (Å²) in [4.78, 5) is 0.